The quantitative estimate of drug-likeness (QED) is 0.757. The number of fused-ring (bicyclic) bond motifs is 1. The van der Waals surface area contributed by atoms with Gasteiger partial charge < -0.3 is 10.1 Å². The molecule has 6 nitrogen and oxygen atoms in total. The molecule has 1 N–H and O–H groups in total. The maximum atomic E-state index is 12.4. The van der Waals surface area contributed by atoms with Crippen LogP contribution in [0.15, 0.2) is 48.9 Å². The van der Waals surface area contributed by atoms with Gasteiger partial charge in [-0.3, -0.25) is 14.2 Å². The number of carbonyl (C=O) groups excluding carboxylic acids is 1. The van der Waals surface area contributed by atoms with Gasteiger partial charge in [0.1, 0.15) is 17.2 Å². The van der Waals surface area contributed by atoms with E-state index in [-0.39, 0.29) is 11.8 Å². The fourth-order valence-corrected chi connectivity index (χ4v) is 2.66. The van der Waals surface area contributed by atoms with Crippen LogP contribution in [0.4, 0.5) is 5.82 Å². The number of anilines is 1. The first-order chi connectivity index (χ1) is 11.7. The number of carbonyl (C=O) groups is 1. The second kappa shape index (κ2) is 7.23. The Hall–Kier alpha value is -2.73. The van der Waals surface area contributed by atoms with E-state index in [1.807, 2.05) is 47.9 Å². The number of nitrogens with zero attached hydrogens (tertiary/aromatic N) is 3. The zero-order chi connectivity index (χ0) is 16.9. The molecule has 124 valence electrons. The maximum Gasteiger partial charge on any atom is 0.225 e. The number of amides is 1. The summed E-state index contributed by atoms with van der Waals surface area (Å²) in [6.45, 7) is 2.54. The fourth-order valence-electron chi connectivity index (χ4n) is 2.66. The third-order valence-electron chi connectivity index (χ3n) is 3.71. The molecule has 1 unspecified atom stereocenters. The molecule has 3 aromatic rings. The molecule has 1 amide bonds. The van der Waals surface area contributed by atoms with Crippen molar-refractivity contribution in [1.29, 1.82) is 0 Å². The number of rotatable bonds is 6. The van der Waals surface area contributed by atoms with Crippen LogP contribution in [0, 0.1) is 5.92 Å². The first-order valence-electron chi connectivity index (χ1n) is 7.85. The number of nitrogens with one attached hydrogen (secondary N) is 1. The molecule has 0 saturated heterocycles. The van der Waals surface area contributed by atoms with E-state index in [2.05, 4.69) is 15.3 Å². The van der Waals surface area contributed by atoms with Crippen molar-refractivity contribution < 1.29 is 9.53 Å². The molecule has 3 aromatic heterocycles. The van der Waals surface area contributed by atoms with Gasteiger partial charge in [0, 0.05) is 44.3 Å². The summed E-state index contributed by atoms with van der Waals surface area (Å²) in [5.41, 5.74) is 2.35. The van der Waals surface area contributed by atoms with Crippen LogP contribution in [0.2, 0.25) is 0 Å². The molecule has 0 fully saturated rings. The van der Waals surface area contributed by atoms with Crippen molar-refractivity contribution in [1.82, 2.24) is 14.4 Å². The zero-order valence-electron chi connectivity index (χ0n) is 13.8. The summed E-state index contributed by atoms with van der Waals surface area (Å²) in [6, 6.07) is 9.51. The third kappa shape index (κ3) is 3.44. The predicted molar refractivity (Wildman–Crippen MR) is 92.7 cm³/mol. The average Bonchev–Trinajstić information content (AvgIpc) is 2.94. The molecule has 0 bridgehead atoms. The largest absolute Gasteiger partial charge is 0.384 e. The molecule has 6 heteroatoms. The first-order valence-corrected chi connectivity index (χ1v) is 7.85. The molecule has 0 aliphatic rings. The predicted octanol–water partition coefficient (Wildman–Crippen LogP) is 3.01. The number of methoxy groups -OCH3 is 1. The van der Waals surface area contributed by atoms with E-state index in [0.717, 1.165) is 11.2 Å². The van der Waals surface area contributed by atoms with Crippen LogP contribution >= 0.6 is 0 Å². The van der Waals surface area contributed by atoms with Gasteiger partial charge >= 0.3 is 0 Å². The third-order valence-corrected chi connectivity index (χ3v) is 3.71. The second-order valence-electron chi connectivity index (χ2n) is 5.79. The average molecular weight is 324 g/mol. The lowest BCUT2D eigenvalue weighted by molar-refractivity contribution is -0.117. The van der Waals surface area contributed by atoms with Crippen LogP contribution in [0.1, 0.15) is 13.3 Å². The zero-order valence-corrected chi connectivity index (χ0v) is 13.8. The van der Waals surface area contributed by atoms with Gasteiger partial charge in [-0.05, 0) is 30.2 Å². The number of hydrogen-bond acceptors (Lipinski definition) is 4. The van der Waals surface area contributed by atoms with Gasteiger partial charge in [0.25, 0.3) is 0 Å². The van der Waals surface area contributed by atoms with Crippen molar-refractivity contribution in [2.24, 2.45) is 5.92 Å². The molecule has 0 saturated carbocycles. The van der Waals surface area contributed by atoms with E-state index < -0.39 is 0 Å². The lowest BCUT2D eigenvalue weighted by Crippen LogP contribution is -2.18. The van der Waals surface area contributed by atoms with Crippen LogP contribution in [0.5, 0.6) is 0 Å². The number of ether oxygens (including phenoxy) is 1. The SMILES string of the molecule is COCC(C)CC(=O)Nc1c(-c2cccnc2)nc2ccccn12. The Morgan fingerprint density at radius 1 is 1.33 bits per heavy atom. The topological polar surface area (TPSA) is 68.5 Å². The van der Waals surface area contributed by atoms with Gasteiger partial charge in [-0.1, -0.05) is 13.0 Å². The van der Waals surface area contributed by atoms with E-state index in [1.54, 1.807) is 19.5 Å². The van der Waals surface area contributed by atoms with E-state index in [9.17, 15) is 4.79 Å². The monoisotopic (exact) mass is 324 g/mol. The molecule has 24 heavy (non-hydrogen) atoms. The highest BCUT2D eigenvalue weighted by atomic mass is 16.5. The molecule has 0 radical (unpaired) electrons. The molecule has 0 aromatic carbocycles. The normalized spacial score (nSPS) is 12.2. The van der Waals surface area contributed by atoms with Gasteiger partial charge in [-0.25, -0.2) is 4.98 Å². The van der Waals surface area contributed by atoms with Gasteiger partial charge in [0.2, 0.25) is 5.91 Å². The Balaban J connectivity index is 1.95. The van der Waals surface area contributed by atoms with Crippen molar-refractivity contribution in [2.75, 3.05) is 19.0 Å². The van der Waals surface area contributed by atoms with Gasteiger partial charge in [-0.15, -0.1) is 0 Å². The van der Waals surface area contributed by atoms with Crippen molar-refractivity contribution >= 4 is 17.4 Å². The Morgan fingerprint density at radius 3 is 2.96 bits per heavy atom. The molecule has 0 aliphatic heterocycles. The highest BCUT2D eigenvalue weighted by Gasteiger charge is 2.17. The smallest absolute Gasteiger partial charge is 0.225 e. The number of hydrogen-bond donors (Lipinski definition) is 1. The van der Waals surface area contributed by atoms with Crippen LogP contribution in [-0.2, 0) is 9.53 Å². The number of pyridine rings is 2. The highest BCUT2D eigenvalue weighted by Crippen LogP contribution is 2.28. The summed E-state index contributed by atoms with van der Waals surface area (Å²) in [7, 11) is 1.64. The summed E-state index contributed by atoms with van der Waals surface area (Å²) in [5.74, 6) is 0.750. The Labute approximate surface area is 140 Å². The molecule has 1 atom stereocenters. The van der Waals surface area contributed by atoms with Crippen LogP contribution in [0.25, 0.3) is 16.9 Å². The minimum absolute atomic E-state index is 0.0599. The van der Waals surface area contributed by atoms with E-state index >= 15 is 0 Å². The second-order valence-corrected chi connectivity index (χ2v) is 5.79. The number of imidazole rings is 1. The Kier molecular flexibility index (Phi) is 4.86. The van der Waals surface area contributed by atoms with Gasteiger partial charge in [0.15, 0.2) is 0 Å². The van der Waals surface area contributed by atoms with Gasteiger partial charge in [-0.2, -0.15) is 0 Å². The number of aromatic nitrogens is 3. The molecular weight excluding hydrogens is 304 g/mol. The van der Waals surface area contributed by atoms with E-state index in [1.165, 1.54) is 0 Å². The van der Waals surface area contributed by atoms with E-state index in [0.29, 0.717) is 24.5 Å². The van der Waals surface area contributed by atoms with E-state index in [4.69, 9.17) is 4.74 Å². The molecular formula is C18H20N4O2. The molecule has 3 rings (SSSR count). The highest BCUT2D eigenvalue weighted by molar-refractivity contribution is 5.94. The summed E-state index contributed by atoms with van der Waals surface area (Å²) in [4.78, 5) is 21.2. The lowest BCUT2D eigenvalue weighted by Gasteiger charge is -2.11. The van der Waals surface area contributed by atoms with Crippen molar-refractivity contribution in [3.8, 4) is 11.3 Å². The molecule has 0 spiro atoms. The summed E-state index contributed by atoms with van der Waals surface area (Å²) in [5, 5.41) is 3.00. The van der Waals surface area contributed by atoms with Crippen molar-refractivity contribution in [3.63, 3.8) is 0 Å². The van der Waals surface area contributed by atoms with Crippen LogP contribution < -0.4 is 5.32 Å². The fraction of sp³-hybridized carbons (Fsp3) is 0.278. The minimum Gasteiger partial charge on any atom is -0.384 e. The van der Waals surface area contributed by atoms with Gasteiger partial charge in [0.05, 0.1) is 0 Å². The van der Waals surface area contributed by atoms with Crippen molar-refractivity contribution in [3.05, 3.63) is 48.9 Å². The first kappa shape index (κ1) is 16.1. The Morgan fingerprint density at radius 2 is 2.21 bits per heavy atom. The lowest BCUT2D eigenvalue weighted by atomic mass is 10.1. The maximum absolute atomic E-state index is 12.4. The van der Waals surface area contributed by atoms with Crippen molar-refractivity contribution in [2.45, 2.75) is 13.3 Å². The summed E-state index contributed by atoms with van der Waals surface area (Å²) >= 11 is 0. The van der Waals surface area contributed by atoms with Crippen LogP contribution in [-0.4, -0.2) is 34.0 Å². The summed E-state index contributed by atoms with van der Waals surface area (Å²) in [6.07, 6.45) is 5.73. The molecule has 0 aliphatic carbocycles. The standard InChI is InChI=1S/C18H20N4O2/c1-13(12-24-2)10-16(23)21-18-17(14-6-5-8-19-11-14)20-15-7-3-4-9-22(15)18/h3-9,11,13H,10,12H2,1-2H3,(H,21,23). The minimum atomic E-state index is -0.0599. The van der Waals surface area contributed by atoms with Crippen LogP contribution in [0.3, 0.4) is 0 Å². The Bertz CT molecular complexity index is 829. The summed E-state index contributed by atoms with van der Waals surface area (Å²) < 4.78 is 6.97. The molecule has 3 heterocycles.